The van der Waals surface area contributed by atoms with E-state index < -0.39 is 0 Å². The second-order valence-electron chi connectivity index (χ2n) is 10.2. The molecule has 0 unspecified atom stereocenters. The first-order valence-electron chi connectivity index (χ1n) is 13.3. The Kier molecular flexibility index (Phi) is 8.08. The van der Waals surface area contributed by atoms with Crippen molar-refractivity contribution in [2.75, 3.05) is 31.0 Å². The maximum absolute atomic E-state index is 13.9. The summed E-state index contributed by atoms with van der Waals surface area (Å²) in [6.07, 6.45) is 5.44. The number of ether oxygens (including phenoxy) is 1. The smallest absolute Gasteiger partial charge is 0.230 e. The van der Waals surface area contributed by atoms with Crippen molar-refractivity contribution < 1.29 is 9.53 Å². The summed E-state index contributed by atoms with van der Waals surface area (Å²) < 4.78 is 9.63. The molecular weight excluding hydrogens is 490 g/mol. The highest BCUT2D eigenvalue weighted by Crippen LogP contribution is 2.34. The van der Waals surface area contributed by atoms with Crippen LogP contribution in [0, 0.1) is 5.92 Å². The molecule has 38 heavy (non-hydrogen) atoms. The number of amides is 1. The van der Waals surface area contributed by atoms with Crippen LogP contribution in [-0.2, 0) is 11.3 Å². The maximum atomic E-state index is 13.9. The van der Waals surface area contributed by atoms with Gasteiger partial charge in [0.25, 0.3) is 0 Å². The van der Waals surface area contributed by atoms with E-state index >= 15 is 0 Å². The van der Waals surface area contributed by atoms with Crippen molar-refractivity contribution in [3.8, 4) is 27.4 Å². The normalized spacial score (nSPS) is 13.8. The summed E-state index contributed by atoms with van der Waals surface area (Å²) in [7, 11) is 5.73. The van der Waals surface area contributed by atoms with Gasteiger partial charge in [0.05, 0.1) is 18.5 Å². The molecular formula is C32H35N3O2S. The molecule has 1 aliphatic carbocycles. The molecule has 3 aromatic carbocycles. The minimum Gasteiger partial charge on any atom is -0.480 e. The van der Waals surface area contributed by atoms with Gasteiger partial charge in [0.2, 0.25) is 11.8 Å². The van der Waals surface area contributed by atoms with Gasteiger partial charge in [0.15, 0.2) is 0 Å². The fraction of sp³-hybridized carbons (Fsp3) is 0.312. The highest BCUT2D eigenvalue weighted by atomic mass is 32.1. The summed E-state index contributed by atoms with van der Waals surface area (Å²) in [6.45, 7) is 0.546. The maximum Gasteiger partial charge on any atom is 0.230 e. The number of methoxy groups -OCH3 is 1. The summed E-state index contributed by atoms with van der Waals surface area (Å²) >= 11 is 1.41. The number of aromatic nitrogens is 1. The first kappa shape index (κ1) is 26.0. The first-order valence-corrected chi connectivity index (χ1v) is 14.1. The van der Waals surface area contributed by atoms with Crippen molar-refractivity contribution in [2.24, 2.45) is 5.92 Å². The molecule has 4 aromatic rings. The third-order valence-corrected chi connectivity index (χ3v) is 8.19. The van der Waals surface area contributed by atoms with Gasteiger partial charge in [0.1, 0.15) is 0 Å². The number of nitrogens with zero attached hydrogens (tertiary/aromatic N) is 3. The first-order chi connectivity index (χ1) is 18.5. The molecule has 0 atom stereocenters. The van der Waals surface area contributed by atoms with Crippen LogP contribution in [0.4, 0.5) is 11.4 Å². The zero-order chi connectivity index (χ0) is 26.5. The average molecular weight is 526 g/mol. The van der Waals surface area contributed by atoms with E-state index in [1.807, 2.05) is 37.2 Å². The second kappa shape index (κ2) is 11.8. The Morgan fingerprint density at radius 1 is 0.868 bits per heavy atom. The van der Waals surface area contributed by atoms with Crippen molar-refractivity contribution in [3.63, 3.8) is 0 Å². The van der Waals surface area contributed by atoms with Gasteiger partial charge in [-0.3, -0.25) is 4.79 Å². The second-order valence-corrected chi connectivity index (χ2v) is 11.0. The lowest BCUT2D eigenvalue weighted by atomic mass is 9.88. The van der Waals surface area contributed by atoms with Crippen LogP contribution in [0.1, 0.15) is 37.7 Å². The fourth-order valence-electron chi connectivity index (χ4n) is 5.12. The molecule has 0 spiro atoms. The molecule has 1 amide bonds. The standard InChI is InChI=1S/C32H35N3O2S/c1-34(2)28-18-16-25(17-19-28)24-14-12-23(13-15-24)22-35(32(36)26-8-5-4-6-9-26)29-11-7-10-27(20-29)30-21-31(37-3)33-38-30/h7,10-21,26H,4-6,8-9,22H2,1-3H3. The van der Waals surface area contributed by atoms with Gasteiger partial charge in [-0.25, -0.2) is 0 Å². The average Bonchev–Trinajstić information content (AvgIpc) is 3.46. The molecule has 1 fully saturated rings. The van der Waals surface area contributed by atoms with Crippen molar-refractivity contribution in [1.29, 1.82) is 0 Å². The van der Waals surface area contributed by atoms with Crippen LogP contribution in [0.5, 0.6) is 5.88 Å². The number of benzene rings is 3. The van der Waals surface area contributed by atoms with Crippen LogP contribution in [0.3, 0.4) is 0 Å². The van der Waals surface area contributed by atoms with Gasteiger partial charge in [-0.2, -0.15) is 4.37 Å². The van der Waals surface area contributed by atoms with Gasteiger partial charge < -0.3 is 14.5 Å². The van der Waals surface area contributed by atoms with Crippen molar-refractivity contribution in [2.45, 2.75) is 38.6 Å². The number of rotatable bonds is 8. The molecule has 196 valence electrons. The molecule has 1 heterocycles. The molecule has 1 aromatic heterocycles. The predicted molar refractivity (Wildman–Crippen MR) is 158 cm³/mol. The molecule has 5 rings (SSSR count). The lowest BCUT2D eigenvalue weighted by molar-refractivity contribution is -0.123. The van der Waals surface area contributed by atoms with E-state index in [2.05, 4.69) is 69.9 Å². The number of anilines is 2. The summed E-state index contributed by atoms with van der Waals surface area (Å²) in [5, 5.41) is 0. The van der Waals surface area contributed by atoms with E-state index in [1.165, 1.54) is 34.8 Å². The van der Waals surface area contributed by atoms with Gasteiger partial charge in [-0.1, -0.05) is 67.8 Å². The van der Waals surface area contributed by atoms with Crippen LogP contribution in [0.25, 0.3) is 21.6 Å². The van der Waals surface area contributed by atoms with Gasteiger partial charge in [0, 0.05) is 37.5 Å². The molecule has 1 aliphatic rings. The van der Waals surface area contributed by atoms with Crippen molar-refractivity contribution in [1.82, 2.24) is 4.37 Å². The lowest BCUT2D eigenvalue weighted by Gasteiger charge is -2.30. The molecule has 0 bridgehead atoms. The number of carbonyl (C=O) groups excluding carboxylic acids is 1. The Bertz CT molecular complexity index is 1360. The van der Waals surface area contributed by atoms with Gasteiger partial charge >= 0.3 is 0 Å². The molecule has 0 N–H and O–H groups in total. The molecule has 0 radical (unpaired) electrons. The Morgan fingerprint density at radius 2 is 1.55 bits per heavy atom. The molecule has 6 heteroatoms. The van der Waals surface area contributed by atoms with Crippen molar-refractivity contribution >= 4 is 28.8 Å². The van der Waals surface area contributed by atoms with E-state index in [4.69, 9.17) is 4.74 Å². The Hall–Kier alpha value is -3.64. The lowest BCUT2D eigenvalue weighted by Crippen LogP contribution is -2.36. The third kappa shape index (κ3) is 5.91. The zero-order valence-electron chi connectivity index (χ0n) is 22.4. The summed E-state index contributed by atoms with van der Waals surface area (Å²) in [5.74, 6) is 0.930. The van der Waals surface area contributed by atoms with Crippen LogP contribution < -0.4 is 14.5 Å². The van der Waals surface area contributed by atoms with Crippen LogP contribution in [0.2, 0.25) is 0 Å². The monoisotopic (exact) mass is 525 g/mol. The van der Waals surface area contributed by atoms with E-state index in [0.29, 0.717) is 12.4 Å². The minimum absolute atomic E-state index is 0.0883. The Morgan fingerprint density at radius 3 is 2.18 bits per heavy atom. The SMILES string of the molecule is COc1cc(-c2cccc(N(Cc3ccc(-c4ccc(N(C)C)cc4)cc3)C(=O)C3CCCCC3)c2)sn1. The Balaban J connectivity index is 1.41. The zero-order valence-corrected chi connectivity index (χ0v) is 23.2. The van der Waals surface area contributed by atoms with E-state index in [1.54, 1.807) is 7.11 Å². The van der Waals surface area contributed by atoms with Crippen LogP contribution in [0.15, 0.2) is 78.9 Å². The quantitative estimate of drug-likeness (QED) is 0.237. The highest BCUT2D eigenvalue weighted by Gasteiger charge is 2.27. The predicted octanol–water partition coefficient (Wildman–Crippen LogP) is 7.67. The third-order valence-electron chi connectivity index (χ3n) is 7.37. The molecule has 5 nitrogen and oxygen atoms in total. The Labute approximate surface area is 229 Å². The number of carbonyl (C=O) groups is 1. The van der Waals surface area contributed by atoms with E-state index in [-0.39, 0.29) is 11.8 Å². The molecule has 1 saturated carbocycles. The summed E-state index contributed by atoms with van der Waals surface area (Å²) in [4.78, 5) is 19.0. The fourth-order valence-corrected chi connectivity index (χ4v) is 5.82. The molecule has 0 saturated heterocycles. The van der Waals surface area contributed by atoms with Gasteiger partial charge in [-0.15, -0.1) is 0 Å². The summed E-state index contributed by atoms with van der Waals surface area (Å²) in [5.41, 5.74) is 6.62. The van der Waals surface area contributed by atoms with E-state index in [9.17, 15) is 4.79 Å². The number of hydrogen-bond donors (Lipinski definition) is 0. The largest absolute Gasteiger partial charge is 0.480 e. The highest BCUT2D eigenvalue weighted by molar-refractivity contribution is 7.09. The van der Waals surface area contributed by atoms with E-state index in [0.717, 1.165) is 47.4 Å². The molecule has 0 aliphatic heterocycles. The van der Waals surface area contributed by atoms with Crippen molar-refractivity contribution in [3.05, 3.63) is 84.4 Å². The van der Waals surface area contributed by atoms with Crippen LogP contribution in [-0.4, -0.2) is 31.5 Å². The minimum atomic E-state index is 0.0883. The van der Waals surface area contributed by atoms with Crippen LogP contribution >= 0.6 is 11.5 Å². The number of hydrogen-bond acceptors (Lipinski definition) is 5. The summed E-state index contributed by atoms with van der Waals surface area (Å²) in [6, 6.07) is 27.4. The topological polar surface area (TPSA) is 45.7 Å². The van der Waals surface area contributed by atoms with Gasteiger partial charge in [-0.05, 0) is 70.9 Å².